The van der Waals surface area contributed by atoms with Crippen LogP contribution in [0.15, 0.2) is 24.3 Å². The lowest BCUT2D eigenvalue weighted by Crippen LogP contribution is -2.64. The molecule has 21 heavy (non-hydrogen) atoms. The Hall–Kier alpha value is -1.83. The SMILES string of the molecule is CN1C[C@H]2c3ccccc3O[C@@H](C(F)(F)F)[C@@]2([N+](=O)[O-])C1. The third-order valence-electron chi connectivity index (χ3n) is 4.25. The molecule has 3 atom stereocenters. The van der Waals surface area contributed by atoms with E-state index in [0.717, 1.165) is 0 Å². The van der Waals surface area contributed by atoms with Crippen molar-refractivity contribution in [2.75, 3.05) is 20.1 Å². The van der Waals surface area contributed by atoms with Crippen LogP contribution in [0.1, 0.15) is 11.5 Å². The zero-order chi connectivity index (χ0) is 15.4. The van der Waals surface area contributed by atoms with E-state index in [4.69, 9.17) is 4.74 Å². The molecular formula is C13H13F3N2O3. The minimum Gasteiger partial charge on any atom is -0.473 e. The molecule has 0 radical (unpaired) electrons. The second kappa shape index (κ2) is 4.33. The number of para-hydroxylation sites is 1. The number of ether oxygens (including phenoxy) is 1. The number of nitro groups is 1. The summed E-state index contributed by atoms with van der Waals surface area (Å²) in [5, 5.41) is 11.6. The summed E-state index contributed by atoms with van der Waals surface area (Å²) in [5.41, 5.74) is -1.72. The highest BCUT2D eigenvalue weighted by atomic mass is 19.4. The van der Waals surface area contributed by atoms with E-state index in [2.05, 4.69) is 0 Å². The molecule has 2 aliphatic heterocycles. The maximum atomic E-state index is 13.4. The molecule has 1 aromatic rings. The average Bonchev–Trinajstić information content (AvgIpc) is 2.75. The van der Waals surface area contributed by atoms with Gasteiger partial charge in [-0.25, -0.2) is 0 Å². The molecule has 3 rings (SSSR count). The standard InChI is InChI=1S/C13H13F3N2O3/c1-17-6-9-8-4-2-3-5-10(8)21-11(13(14,15)16)12(9,7-17)18(19)20/h2-5,9,11H,6-7H2,1H3/t9-,11+,12+/m0/s1. The third kappa shape index (κ3) is 1.89. The summed E-state index contributed by atoms with van der Waals surface area (Å²) in [6.45, 7) is -0.0862. The Morgan fingerprint density at radius 2 is 2.10 bits per heavy atom. The second-order valence-electron chi connectivity index (χ2n) is 5.58. The van der Waals surface area contributed by atoms with Crippen LogP contribution in [-0.2, 0) is 0 Å². The molecule has 0 saturated carbocycles. The lowest BCUT2D eigenvalue weighted by atomic mass is 9.75. The molecule has 114 valence electrons. The molecule has 0 aromatic heterocycles. The monoisotopic (exact) mass is 302 g/mol. The van der Waals surface area contributed by atoms with Gasteiger partial charge in [0, 0.05) is 17.0 Å². The van der Waals surface area contributed by atoms with Crippen LogP contribution < -0.4 is 4.74 Å². The maximum Gasteiger partial charge on any atom is 0.432 e. The van der Waals surface area contributed by atoms with Gasteiger partial charge in [-0.05, 0) is 13.1 Å². The molecule has 0 N–H and O–H groups in total. The Kier molecular flexibility index (Phi) is 2.91. The van der Waals surface area contributed by atoms with E-state index in [-0.39, 0.29) is 18.8 Å². The molecule has 0 spiro atoms. The number of rotatable bonds is 1. The fraction of sp³-hybridized carbons (Fsp3) is 0.538. The van der Waals surface area contributed by atoms with E-state index < -0.39 is 28.7 Å². The molecule has 2 heterocycles. The zero-order valence-electron chi connectivity index (χ0n) is 11.1. The van der Waals surface area contributed by atoms with Crippen LogP contribution in [0.2, 0.25) is 0 Å². The van der Waals surface area contributed by atoms with E-state index >= 15 is 0 Å². The van der Waals surface area contributed by atoms with Gasteiger partial charge in [0.15, 0.2) is 0 Å². The first-order chi connectivity index (χ1) is 9.76. The Labute approximate surface area is 118 Å². The summed E-state index contributed by atoms with van der Waals surface area (Å²) in [4.78, 5) is 12.3. The molecule has 1 saturated heterocycles. The molecule has 5 nitrogen and oxygen atoms in total. The van der Waals surface area contributed by atoms with E-state index in [1.165, 1.54) is 6.07 Å². The molecule has 0 unspecified atom stereocenters. The van der Waals surface area contributed by atoms with E-state index in [1.807, 2.05) is 0 Å². The number of halogens is 3. The van der Waals surface area contributed by atoms with Crippen molar-refractivity contribution in [2.45, 2.75) is 23.7 Å². The third-order valence-corrected chi connectivity index (χ3v) is 4.25. The van der Waals surface area contributed by atoms with Crippen LogP contribution in [0.4, 0.5) is 13.2 Å². The predicted octanol–water partition coefficient (Wildman–Crippen LogP) is 2.05. The highest BCUT2D eigenvalue weighted by molar-refractivity contribution is 5.43. The van der Waals surface area contributed by atoms with Crippen LogP contribution >= 0.6 is 0 Å². The molecule has 8 heteroatoms. The average molecular weight is 302 g/mol. The second-order valence-corrected chi connectivity index (χ2v) is 5.58. The lowest BCUT2D eigenvalue weighted by Gasteiger charge is -2.39. The number of alkyl halides is 3. The Balaban J connectivity index is 2.22. The Bertz CT molecular complexity index is 592. The van der Waals surface area contributed by atoms with Gasteiger partial charge in [-0.15, -0.1) is 0 Å². The van der Waals surface area contributed by atoms with E-state index in [9.17, 15) is 23.3 Å². The van der Waals surface area contributed by atoms with Crippen LogP contribution in [0, 0.1) is 10.1 Å². The first-order valence-electron chi connectivity index (χ1n) is 6.42. The van der Waals surface area contributed by atoms with Crippen molar-refractivity contribution in [3.8, 4) is 5.75 Å². The summed E-state index contributed by atoms with van der Waals surface area (Å²) in [7, 11) is 1.58. The number of fused-ring (bicyclic) bond motifs is 3. The van der Waals surface area contributed by atoms with Crippen LogP contribution in [0.3, 0.4) is 0 Å². The van der Waals surface area contributed by atoms with Crippen molar-refractivity contribution in [2.24, 2.45) is 0 Å². The fourth-order valence-electron chi connectivity index (χ4n) is 3.45. The number of benzene rings is 1. The van der Waals surface area contributed by atoms with Crippen LogP contribution in [-0.4, -0.2) is 47.8 Å². The fourth-order valence-corrected chi connectivity index (χ4v) is 3.45. The summed E-state index contributed by atoms with van der Waals surface area (Å²) >= 11 is 0. The number of likely N-dealkylation sites (N-methyl/N-ethyl adjacent to an activating group) is 1. The summed E-state index contributed by atoms with van der Waals surface area (Å²) in [6.07, 6.45) is -7.24. The minimum atomic E-state index is -4.80. The largest absolute Gasteiger partial charge is 0.473 e. The Morgan fingerprint density at radius 3 is 2.71 bits per heavy atom. The van der Waals surface area contributed by atoms with Gasteiger partial charge in [0.2, 0.25) is 0 Å². The van der Waals surface area contributed by atoms with Gasteiger partial charge in [0.25, 0.3) is 11.6 Å². The lowest BCUT2D eigenvalue weighted by molar-refractivity contribution is -0.591. The molecule has 0 bridgehead atoms. The quantitative estimate of drug-likeness (QED) is 0.588. The summed E-state index contributed by atoms with van der Waals surface area (Å²) in [6, 6.07) is 6.24. The summed E-state index contributed by atoms with van der Waals surface area (Å²) < 4.78 is 45.1. The highest BCUT2D eigenvalue weighted by Gasteiger charge is 2.73. The molecule has 0 amide bonds. The predicted molar refractivity (Wildman–Crippen MR) is 66.9 cm³/mol. The molecular weight excluding hydrogens is 289 g/mol. The van der Waals surface area contributed by atoms with Gasteiger partial charge in [-0.2, -0.15) is 13.2 Å². The smallest absolute Gasteiger partial charge is 0.432 e. The van der Waals surface area contributed by atoms with Crippen molar-refractivity contribution in [3.05, 3.63) is 39.9 Å². The zero-order valence-corrected chi connectivity index (χ0v) is 11.1. The van der Waals surface area contributed by atoms with Gasteiger partial charge < -0.3 is 4.74 Å². The molecule has 0 aliphatic carbocycles. The van der Waals surface area contributed by atoms with Crippen molar-refractivity contribution in [3.63, 3.8) is 0 Å². The molecule has 2 aliphatic rings. The normalized spacial score (nSPS) is 32.2. The van der Waals surface area contributed by atoms with Crippen molar-refractivity contribution >= 4 is 0 Å². The molecule has 1 aromatic carbocycles. The topological polar surface area (TPSA) is 55.6 Å². The maximum absolute atomic E-state index is 13.4. The van der Waals surface area contributed by atoms with Crippen LogP contribution in [0.25, 0.3) is 0 Å². The first kappa shape index (κ1) is 14.1. The van der Waals surface area contributed by atoms with Gasteiger partial charge in [-0.3, -0.25) is 15.0 Å². The van der Waals surface area contributed by atoms with Crippen LogP contribution in [0.5, 0.6) is 5.75 Å². The number of hydrogen-bond donors (Lipinski definition) is 0. The van der Waals surface area contributed by atoms with Crippen molar-refractivity contribution < 1.29 is 22.8 Å². The van der Waals surface area contributed by atoms with E-state index in [0.29, 0.717) is 5.56 Å². The Morgan fingerprint density at radius 1 is 1.43 bits per heavy atom. The number of nitrogens with zero attached hydrogens (tertiary/aromatic N) is 2. The molecule has 1 fully saturated rings. The van der Waals surface area contributed by atoms with E-state index in [1.54, 1.807) is 30.1 Å². The summed E-state index contributed by atoms with van der Waals surface area (Å²) in [5.74, 6) is -0.758. The van der Waals surface area contributed by atoms with Gasteiger partial charge in [0.05, 0.1) is 12.5 Å². The number of likely N-dealkylation sites (tertiary alicyclic amines) is 1. The minimum absolute atomic E-state index is 0.0811. The van der Waals surface area contributed by atoms with Crippen molar-refractivity contribution in [1.29, 1.82) is 0 Å². The first-order valence-corrected chi connectivity index (χ1v) is 6.42. The van der Waals surface area contributed by atoms with Crippen molar-refractivity contribution in [1.82, 2.24) is 4.90 Å². The van der Waals surface area contributed by atoms with Gasteiger partial charge in [-0.1, -0.05) is 18.2 Å². The van der Waals surface area contributed by atoms with Gasteiger partial charge in [0.1, 0.15) is 5.75 Å². The number of hydrogen-bond acceptors (Lipinski definition) is 4. The van der Waals surface area contributed by atoms with Gasteiger partial charge >= 0.3 is 6.18 Å². The highest BCUT2D eigenvalue weighted by Crippen LogP contribution is 2.51.